The number of amides is 1. The highest BCUT2D eigenvalue weighted by atomic mass is 16.4. The van der Waals surface area contributed by atoms with Crippen LogP contribution in [0, 0.1) is 17.3 Å². The number of aliphatic carboxylic acids is 1. The highest BCUT2D eigenvalue weighted by Crippen LogP contribution is 2.45. The van der Waals surface area contributed by atoms with Gasteiger partial charge in [0.2, 0.25) is 5.91 Å². The van der Waals surface area contributed by atoms with E-state index < -0.39 is 11.4 Å². The van der Waals surface area contributed by atoms with Crippen molar-refractivity contribution >= 4 is 11.9 Å². The molecule has 2 N–H and O–H groups in total. The summed E-state index contributed by atoms with van der Waals surface area (Å²) in [6.45, 7) is 0. The van der Waals surface area contributed by atoms with Crippen molar-refractivity contribution in [2.24, 2.45) is 17.3 Å². The molecule has 4 heteroatoms. The molecule has 1 amide bonds. The lowest BCUT2D eigenvalue weighted by atomic mass is 9.71. The number of carboxylic acids is 1. The minimum Gasteiger partial charge on any atom is -0.481 e. The summed E-state index contributed by atoms with van der Waals surface area (Å²) in [4.78, 5) is 23.9. The molecule has 0 aromatic heterocycles. The predicted octanol–water partition coefficient (Wildman–Crippen LogP) is 2.72. The Morgan fingerprint density at radius 3 is 2.05 bits per heavy atom. The third kappa shape index (κ3) is 2.99. The number of nitrogens with one attached hydrogen (secondary N) is 1. The maximum absolute atomic E-state index is 12.3. The second-order valence-corrected chi connectivity index (χ2v) is 7.09. The minimum atomic E-state index is -0.792. The standard InChI is InChI=1S/C16H25NO3/c18-13(17-14(11-4-5-11)12-6-7-12)10-16(15(19)20)8-2-1-3-9-16/h11-12,14H,1-10H2,(H,17,18)(H,19,20). The van der Waals surface area contributed by atoms with Crippen molar-refractivity contribution in [3.63, 3.8) is 0 Å². The van der Waals surface area contributed by atoms with E-state index in [0.29, 0.717) is 30.7 Å². The molecule has 0 radical (unpaired) electrons. The zero-order valence-corrected chi connectivity index (χ0v) is 12.1. The molecule has 0 spiro atoms. The quantitative estimate of drug-likeness (QED) is 0.785. The Balaban J connectivity index is 1.59. The van der Waals surface area contributed by atoms with Gasteiger partial charge in [-0.05, 0) is 50.4 Å². The first-order valence-electron chi connectivity index (χ1n) is 8.13. The Kier molecular flexibility index (Phi) is 3.74. The van der Waals surface area contributed by atoms with Gasteiger partial charge in [-0.2, -0.15) is 0 Å². The van der Waals surface area contributed by atoms with E-state index in [1.165, 1.54) is 25.7 Å². The van der Waals surface area contributed by atoms with Gasteiger partial charge in [-0.1, -0.05) is 19.3 Å². The summed E-state index contributed by atoms with van der Waals surface area (Å²) >= 11 is 0. The van der Waals surface area contributed by atoms with E-state index in [1.54, 1.807) is 0 Å². The summed E-state index contributed by atoms with van der Waals surface area (Å²) in [5.41, 5.74) is -0.792. The maximum Gasteiger partial charge on any atom is 0.310 e. The maximum atomic E-state index is 12.3. The fraction of sp³-hybridized carbons (Fsp3) is 0.875. The summed E-state index contributed by atoms with van der Waals surface area (Å²) in [5.74, 6) is 0.525. The van der Waals surface area contributed by atoms with E-state index in [2.05, 4.69) is 5.32 Å². The van der Waals surface area contributed by atoms with Crippen molar-refractivity contribution in [1.29, 1.82) is 0 Å². The molecular formula is C16H25NO3. The van der Waals surface area contributed by atoms with Crippen molar-refractivity contribution in [3.05, 3.63) is 0 Å². The van der Waals surface area contributed by atoms with E-state index in [-0.39, 0.29) is 12.3 Å². The molecule has 3 aliphatic rings. The summed E-state index contributed by atoms with van der Waals surface area (Å²) in [6, 6.07) is 0.330. The number of hydrogen-bond donors (Lipinski definition) is 2. The van der Waals surface area contributed by atoms with Gasteiger partial charge in [0.15, 0.2) is 0 Å². The molecule has 0 heterocycles. The minimum absolute atomic E-state index is 0.0295. The van der Waals surface area contributed by atoms with Crippen LogP contribution in [0.25, 0.3) is 0 Å². The molecule has 3 aliphatic carbocycles. The smallest absolute Gasteiger partial charge is 0.310 e. The predicted molar refractivity (Wildman–Crippen MR) is 75.1 cm³/mol. The van der Waals surface area contributed by atoms with Crippen LogP contribution in [0.2, 0.25) is 0 Å². The molecule has 0 aliphatic heterocycles. The van der Waals surface area contributed by atoms with Gasteiger partial charge in [0.1, 0.15) is 0 Å². The van der Waals surface area contributed by atoms with Crippen LogP contribution in [0.1, 0.15) is 64.2 Å². The van der Waals surface area contributed by atoms with Crippen LogP contribution in [0.15, 0.2) is 0 Å². The fourth-order valence-corrected chi connectivity index (χ4v) is 3.77. The third-order valence-electron chi connectivity index (χ3n) is 5.35. The Labute approximate surface area is 120 Å². The van der Waals surface area contributed by atoms with Crippen molar-refractivity contribution < 1.29 is 14.7 Å². The first-order chi connectivity index (χ1) is 9.61. The molecule has 0 aromatic carbocycles. The molecular weight excluding hydrogens is 254 g/mol. The molecule has 3 rings (SSSR count). The van der Waals surface area contributed by atoms with Crippen molar-refractivity contribution in [2.75, 3.05) is 0 Å². The average Bonchev–Trinajstić information content (AvgIpc) is 3.29. The van der Waals surface area contributed by atoms with Gasteiger partial charge in [-0.3, -0.25) is 9.59 Å². The largest absolute Gasteiger partial charge is 0.481 e. The number of rotatable bonds is 6. The molecule has 3 fully saturated rings. The van der Waals surface area contributed by atoms with E-state index in [4.69, 9.17) is 0 Å². The van der Waals surface area contributed by atoms with Crippen molar-refractivity contribution in [2.45, 2.75) is 70.3 Å². The fourth-order valence-electron chi connectivity index (χ4n) is 3.77. The molecule has 3 saturated carbocycles. The average molecular weight is 279 g/mol. The molecule has 0 unspecified atom stereocenters. The van der Waals surface area contributed by atoms with Gasteiger partial charge in [0.05, 0.1) is 5.41 Å². The lowest BCUT2D eigenvalue weighted by Gasteiger charge is -2.33. The highest BCUT2D eigenvalue weighted by molar-refractivity contribution is 5.85. The lowest BCUT2D eigenvalue weighted by molar-refractivity contribution is -0.154. The normalized spacial score (nSPS) is 25.4. The van der Waals surface area contributed by atoms with Gasteiger partial charge >= 0.3 is 5.97 Å². The van der Waals surface area contributed by atoms with Crippen LogP contribution >= 0.6 is 0 Å². The van der Waals surface area contributed by atoms with Gasteiger partial charge in [-0.15, -0.1) is 0 Å². The van der Waals surface area contributed by atoms with Crippen molar-refractivity contribution in [3.8, 4) is 0 Å². The van der Waals surface area contributed by atoms with Gasteiger partial charge in [-0.25, -0.2) is 0 Å². The molecule has 4 nitrogen and oxygen atoms in total. The Morgan fingerprint density at radius 1 is 1.05 bits per heavy atom. The van der Waals surface area contributed by atoms with Gasteiger partial charge < -0.3 is 10.4 Å². The van der Waals surface area contributed by atoms with Crippen molar-refractivity contribution in [1.82, 2.24) is 5.32 Å². The Bertz CT molecular complexity index is 381. The van der Waals surface area contributed by atoms with Crippen LogP contribution in [0.3, 0.4) is 0 Å². The molecule has 0 saturated heterocycles. The summed E-state index contributed by atoms with van der Waals surface area (Å²) < 4.78 is 0. The van der Waals surface area contributed by atoms with Crippen LogP contribution in [-0.4, -0.2) is 23.0 Å². The van der Waals surface area contributed by atoms with Crippen LogP contribution in [0.5, 0.6) is 0 Å². The summed E-state index contributed by atoms with van der Waals surface area (Å²) in [7, 11) is 0. The molecule has 0 atom stereocenters. The molecule has 20 heavy (non-hydrogen) atoms. The Hall–Kier alpha value is -1.06. The van der Waals surface area contributed by atoms with Crippen LogP contribution in [-0.2, 0) is 9.59 Å². The third-order valence-corrected chi connectivity index (χ3v) is 5.35. The lowest BCUT2D eigenvalue weighted by Crippen LogP contribution is -2.43. The van der Waals surface area contributed by atoms with E-state index in [1.807, 2.05) is 0 Å². The van der Waals surface area contributed by atoms with Crippen LogP contribution < -0.4 is 5.32 Å². The van der Waals surface area contributed by atoms with E-state index >= 15 is 0 Å². The van der Waals surface area contributed by atoms with Crippen LogP contribution in [0.4, 0.5) is 0 Å². The first-order valence-corrected chi connectivity index (χ1v) is 8.13. The zero-order valence-electron chi connectivity index (χ0n) is 12.1. The second-order valence-electron chi connectivity index (χ2n) is 7.09. The Morgan fingerprint density at radius 2 is 1.60 bits per heavy atom. The monoisotopic (exact) mass is 279 g/mol. The molecule has 0 aromatic rings. The molecule has 0 bridgehead atoms. The summed E-state index contributed by atoms with van der Waals surface area (Å²) in [6.07, 6.45) is 9.39. The van der Waals surface area contributed by atoms with Gasteiger partial charge in [0.25, 0.3) is 0 Å². The second kappa shape index (κ2) is 5.38. The first kappa shape index (κ1) is 13.9. The van der Waals surface area contributed by atoms with Gasteiger partial charge in [0, 0.05) is 12.5 Å². The number of carbonyl (C=O) groups is 2. The van der Waals surface area contributed by atoms with E-state index in [9.17, 15) is 14.7 Å². The number of carbonyl (C=O) groups excluding carboxylic acids is 1. The topological polar surface area (TPSA) is 66.4 Å². The van der Waals surface area contributed by atoms with E-state index in [0.717, 1.165) is 19.3 Å². The SMILES string of the molecule is O=C(CC1(C(=O)O)CCCCC1)NC(C1CC1)C1CC1. The summed E-state index contributed by atoms with van der Waals surface area (Å²) in [5, 5.41) is 12.7. The highest BCUT2D eigenvalue weighted by Gasteiger charge is 2.45. The molecule has 112 valence electrons. The number of carboxylic acid groups (broad SMARTS) is 1. The zero-order chi connectivity index (χ0) is 14.2. The number of hydrogen-bond acceptors (Lipinski definition) is 2.